The zero-order valence-electron chi connectivity index (χ0n) is 11.5. The predicted molar refractivity (Wildman–Crippen MR) is 84.3 cm³/mol. The number of carbonyl (C=O) groups excluding carboxylic acids is 1. The van der Waals surface area contributed by atoms with Crippen LogP contribution in [0, 0.1) is 5.92 Å². The third-order valence-corrected chi connectivity index (χ3v) is 6.62. The minimum absolute atomic E-state index is 0.0283. The molecular formula is C14H17BrN2O3S. The van der Waals surface area contributed by atoms with Gasteiger partial charge in [0, 0.05) is 0 Å². The highest BCUT2D eigenvalue weighted by molar-refractivity contribution is 9.11. The van der Waals surface area contributed by atoms with E-state index in [4.69, 9.17) is 4.74 Å². The summed E-state index contributed by atoms with van der Waals surface area (Å²) in [7, 11) is 0. The Morgan fingerprint density at radius 2 is 2.29 bits per heavy atom. The fraction of sp³-hybridized carbons (Fsp3) is 0.643. The maximum absolute atomic E-state index is 12.6. The summed E-state index contributed by atoms with van der Waals surface area (Å²) in [5.41, 5.74) is 0.858. The van der Waals surface area contributed by atoms with Crippen LogP contribution in [0.3, 0.4) is 0 Å². The van der Waals surface area contributed by atoms with Crippen molar-refractivity contribution in [3.8, 4) is 5.75 Å². The van der Waals surface area contributed by atoms with Gasteiger partial charge in [0.05, 0.1) is 25.2 Å². The first kappa shape index (κ1) is 13.8. The van der Waals surface area contributed by atoms with Crippen LogP contribution in [0.15, 0.2) is 3.79 Å². The summed E-state index contributed by atoms with van der Waals surface area (Å²) in [6.45, 7) is 1.35. The van der Waals surface area contributed by atoms with E-state index in [1.165, 1.54) is 17.8 Å². The molecule has 1 fully saturated rings. The summed E-state index contributed by atoms with van der Waals surface area (Å²) in [6.07, 6.45) is 3.49. The Bertz CT molecular complexity index is 587. The van der Waals surface area contributed by atoms with E-state index >= 15 is 0 Å². The van der Waals surface area contributed by atoms with Crippen LogP contribution < -0.4 is 15.0 Å². The van der Waals surface area contributed by atoms with Gasteiger partial charge in [-0.3, -0.25) is 4.79 Å². The third kappa shape index (κ3) is 2.01. The van der Waals surface area contributed by atoms with Crippen LogP contribution in [0.1, 0.15) is 28.9 Å². The normalized spacial score (nSPS) is 28.3. The molecule has 0 bridgehead atoms. The van der Waals surface area contributed by atoms with E-state index in [0.29, 0.717) is 23.9 Å². The van der Waals surface area contributed by atoms with Gasteiger partial charge < -0.3 is 20.1 Å². The molecule has 0 radical (unpaired) electrons. The lowest BCUT2D eigenvalue weighted by molar-refractivity contribution is 0.0875. The van der Waals surface area contributed by atoms with E-state index in [1.54, 1.807) is 0 Å². The fourth-order valence-corrected chi connectivity index (χ4v) is 5.23. The molecule has 5 nitrogen and oxygen atoms in total. The van der Waals surface area contributed by atoms with Gasteiger partial charge in [0.15, 0.2) is 5.75 Å². The van der Waals surface area contributed by atoms with E-state index in [0.717, 1.165) is 28.1 Å². The van der Waals surface area contributed by atoms with Gasteiger partial charge in [-0.05, 0) is 34.7 Å². The van der Waals surface area contributed by atoms with Gasteiger partial charge in [-0.1, -0.05) is 6.42 Å². The van der Waals surface area contributed by atoms with Crippen molar-refractivity contribution >= 4 is 38.9 Å². The number of ether oxygens (including phenoxy) is 1. The van der Waals surface area contributed by atoms with Crippen LogP contribution in [0.4, 0.5) is 5.69 Å². The van der Waals surface area contributed by atoms with Crippen molar-refractivity contribution in [2.45, 2.75) is 31.3 Å². The number of nitrogens with zero attached hydrogens (tertiary/aromatic N) is 1. The Kier molecular flexibility index (Phi) is 3.39. The highest BCUT2D eigenvalue weighted by atomic mass is 79.9. The molecule has 0 spiro atoms. The molecule has 1 aliphatic carbocycles. The van der Waals surface area contributed by atoms with Crippen molar-refractivity contribution in [2.75, 3.05) is 24.7 Å². The summed E-state index contributed by atoms with van der Waals surface area (Å²) in [5.74, 6) is 1.20. The number of thiophene rings is 1. The molecule has 1 amide bonds. The SMILES string of the molecule is O=C1NC(C2CCC2)C(CO)N2CCOc3c(Br)sc1c32. The molecule has 114 valence electrons. The van der Waals surface area contributed by atoms with E-state index in [9.17, 15) is 9.90 Å². The Hall–Kier alpha value is -0.790. The van der Waals surface area contributed by atoms with Gasteiger partial charge in [0.2, 0.25) is 0 Å². The van der Waals surface area contributed by atoms with Crippen molar-refractivity contribution in [3.05, 3.63) is 8.66 Å². The molecule has 2 unspecified atom stereocenters. The quantitative estimate of drug-likeness (QED) is 0.833. The van der Waals surface area contributed by atoms with Crippen LogP contribution in [0.5, 0.6) is 5.75 Å². The second-order valence-corrected chi connectivity index (χ2v) is 8.20. The monoisotopic (exact) mass is 372 g/mol. The molecule has 1 aromatic heterocycles. The van der Waals surface area contributed by atoms with Crippen molar-refractivity contribution in [1.29, 1.82) is 0 Å². The number of anilines is 1. The number of carbonyl (C=O) groups is 1. The van der Waals surface area contributed by atoms with E-state index in [1.807, 2.05) is 0 Å². The van der Waals surface area contributed by atoms with E-state index in [-0.39, 0.29) is 24.6 Å². The number of amides is 1. The zero-order chi connectivity index (χ0) is 14.6. The Balaban J connectivity index is 1.81. The molecule has 4 rings (SSSR count). The second-order valence-electron chi connectivity index (χ2n) is 5.86. The van der Waals surface area contributed by atoms with Crippen LogP contribution in [0.25, 0.3) is 0 Å². The third-order valence-electron chi connectivity index (χ3n) is 4.83. The fourth-order valence-electron chi connectivity index (χ4n) is 3.56. The molecule has 1 aromatic rings. The molecule has 2 N–H and O–H groups in total. The van der Waals surface area contributed by atoms with Gasteiger partial charge in [-0.15, -0.1) is 11.3 Å². The zero-order valence-corrected chi connectivity index (χ0v) is 13.9. The first-order valence-corrected chi connectivity index (χ1v) is 8.95. The maximum atomic E-state index is 12.6. The molecule has 0 saturated heterocycles. The number of aliphatic hydroxyl groups is 1. The topological polar surface area (TPSA) is 61.8 Å². The van der Waals surface area contributed by atoms with Crippen LogP contribution in [0.2, 0.25) is 0 Å². The molecular weight excluding hydrogens is 356 g/mol. The number of halogens is 1. The number of hydrogen-bond acceptors (Lipinski definition) is 5. The molecule has 2 aliphatic heterocycles. The Morgan fingerprint density at radius 1 is 1.48 bits per heavy atom. The van der Waals surface area contributed by atoms with Crippen LogP contribution in [-0.4, -0.2) is 42.9 Å². The lowest BCUT2D eigenvalue weighted by atomic mass is 9.76. The molecule has 3 aliphatic rings. The molecule has 1 saturated carbocycles. The van der Waals surface area contributed by atoms with Crippen LogP contribution >= 0.6 is 27.3 Å². The Morgan fingerprint density at radius 3 is 2.95 bits per heavy atom. The van der Waals surface area contributed by atoms with Gasteiger partial charge in [0.25, 0.3) is 5.91 Å². The smallest absolute Gasteiger partial charge is 0.263 e. The largest absolute Gasteiger partial charge is 0.487 e. The number of aliphatic hydroxyl groups excluding tert-OH is 1. The number of nitrogens with one attached hydrogen (secondary N) is 1. The van der Waals surface area contributed by atoms with Gasteiger partial charge in [-0.25, -0.2) is 0 Å². The summed E-state index contributed by atoms with van der Waals surface area (Å²) >= 11 is 4.90. The highest BCUT2D eigenvalue weighted by Crippen LogP contribution is 2.50. The minimum Gasteiger partial charge on any atom is -0.487 e. The van der Waals surface area contributed by atoms with Crippen molar-refractivity contribution < 1.29 is 14.6 Å². The van der Waals surface area contributed by atoms with Gasteiger partial charge in [-0.2, -0.15) is 0 Å². The standard InChI is InChI=1S/C14H17BrN2O3S/c15-13-11-10-12(21-13)14(19)16-9(7-2-1-3-7)8(6-18)17(10)4-5-20-11/h7-9,18H,1-6H2,(H,16,19). The summed E-state index contributed by atoms with van der Waals surface area (Å²) < 4.78 is 6.59. The lowest BCUT2D eigenvalue weighted by Crippen LogP contribution is -2.57. The molecule has 2 atom stereocenters. The average Bonchev–Trinajstić information content (AvgIpc) is 2.70. The van der Waals surface area contributed by atoms with Crippen molar-refractivity contribution in [1.82, 2.24) is 5.32 Å². The summed E-state index contributed by atoms with van der Waals surface area (Å²) in [4.78, 5) is 15.5. The molecule has 3 heterocycles. The van der Waals surface area contributed by atoms with Gasteiger partial charge in [0.1, 0.15) is 21.0 Å². The molecule has 7 heteroatoms. The minimum atomic E-state index is -0.0651. The Labute approximate surface area is 135 Å². The van der Waals surface area contributed by atoms with Crippen molar-refractivity contribution in [2.24, 2.45) is 5.92 Å². The molecule has 21 heavy (non-hydrogen) atoms. The maximum Gasteiger partial charge on any atom is 0.263 e. The average molecular weight is 373 g/mol. The molecule has 0 aromatic carbocycles. The van der Waals surface area contributed by atoms with E-state index < -0.39 is 0 Å². The first-order valence-electron chi connectivity index (χ1n) is 7.34. The second kappa shape index (κ2) is 5.14. The van der Waals surface area contributed by atoms with Crippen LogP contribution in [-0.2, 0) is 0 Å². The van der Waals surface area contributed by atoms with E-state index in [2.05, 4.69) is 26.1 Å². The highest BCUT2D eigenvalue weighted by Gasteiger charge is 2.44. The lowest BCUT2D eigenvalue weighted by Gasteiger charge is -2.43. The van der Waals surface area contributed by atoms with Crippen molar-refractivity contribution in [3.63, 3.8) is 0 Å². The number of rotatable bonds is 2. The summed E-state index contributed by atoms with van der Waals surface area (Å²) in [6, 6.07) is -0.0368. The first-order chi connectivity index (χ1) is 10.2. The summed E-state index contributed by atoms with van der Waals surface area (Å²) in [5, 5.41) is 13.1. The predicted octanol–water partition coefficient (Wildman–Crippen LogP) is 1.98. The van der Waals surface area contributed by atoms with Gasteiger partial charge >= 0.3 is 0 Å². The number of hydrogen-bond donors (Lipinski definition) is 2.